The SMILES string of the molecule is Cc1ccc(F)cc1C1CC(=O)CCO1. The third-order valence-electron chi connectivity index (χ3n) is 2.70. The van der Waals surface area contributed by atoms with Gasteiger partial charge in [-0.1, -0.05) is 6.07 Å². The molecule has 2 rings (SSSR count). The molecule has 1 aliphatic rings. The minimum Gasteiger partial charge on any atom is -0.373 e. The number of aryl methyl sites for hydroxylation is 1. The lowest BCUT2D eigenvalue weighted by atomic mass is 9.97. The lowest BCUT2D eigenvalue weighted by molar-refractivity contribution is -0.128. The summed E-state index contributed by atoms with van der Waals surface area (Å²) in [5.74, 6) is -0.0906. The first-order valence-corrected chi connectivity index (χ1v) is 5.06. The fourth-order valence-electron chi connectivity index (χ4n) is 1.84. The molecule has 1 aromatic carbocycles. The number of benzene rings is 1. The molecule has 1 saturated heterocycles. The van der Waals surface area contributed by atoms with Crippen LogP contribution < -0.4 is 0 Å². The molecule has 0 amide bonds. The Balaban J connectivity index is 2.27. The molecule has 15 heavy (non-hydrogen) atoms. The summed E-state index contributed by atoms with van der Waals surface area (Å²) in [6.07, 6.45) is 0.580. The predicted molar refractivity (Wildman–Crippen MR) is 54.1 cm³/mol. The highest BCUT2D eigenvalue weighted by Crippen LogP contribution is 2.28. The summed E-state index contributed by atoms with van der Waals surface area (Å²) in [6, 6.07) is 4.59. The molecule has 1 atom stereocenters. The van der Waals surface area contributed by atoms with E-state index < -0.39 is 0 Å². The van der Waals surface area contributed by atoms with Crippen molar-refractivity contribution in [3.05, 3.63) is 35.1 Å². The second-order valence-corrected chi connectivity index (χ2v) is 3.85. The molecule has 3 heteroatoms. The fourth-order valence-corrected chi connectivity index (χ4v) is 1.84. The molecule has 1 aromatic rings. The lowest BCUT2D eigenvalue weighted by Crippen LogP contribution is -2.20. The van der Waals surface area contributed by atoms with Crippen LogP contribution in [0.2, 0.25) is 0 Å². The van der Waals surface area contributed by atoms with Gasteiger partial charge in [-0.15, -0.1) is 0 Å². The van der Waals surface area contributed by atoms with Crippen molar-refractivity contribution in [1.82, 2.24) is 0 Å². The molecule has 0 radical (unpaired) electrons. The first-order chi connectivity index (χ1) is 7.16. The van der Waals surface area contributed by atoms with Crippen molar-refractivity contribution in [2.45, 2.75) is 25.9 Å². The van der Waals surface area contributed by atoms with Crippen LogP contribution in [-0.4, -0.2) is 12.4 Å². The molecular weight excluding hydrogens is 195 g/mol. The first kappa shape index (κ1) is 10.3. The molecule has 2 nitrogen and oxygen atoms in total. The molecule has 0 saturated carbocycles. The molecule has 1 aliphatic heterocycles. The number of ketones is 1. The number of hydrogen-bond donors (Lipinski definition) is 0. The van der Waals surface area contributed by atoms with E-state index in [1.54, 1.807) is 6.07 Å². The zero-order valence-electron chi connectivity index (χ0n) is 8.63. The van der Waals surface area contributed by atoms with Gasteiger partial charge >= 0.3 is 0 Å². The number of carbonyl (C=O) groups is 1. The number of carbonyl (C=O) groups excluding carboxylic acids is 1. The third-order valence-corrected chi connectivity index (χ3v) is 2.70. The number of halogens is 1. The topological polar surface area (TPSA) is 26.3 Å². The Morgan fingerprint density at radius 1 is 1.47 bits per heavy atom. The fraction of sp³-hybridized carbons (Fsp3) is 0.417. The Labute approximate surface area is 88.1 Å². The van der Waals surface area contributed by atoms with E-state index in [4.69, 9.17) is 4.74 Å². The second kappa shape index (κ2) is 4.11. The van der Waals surface area contributed by atoms with E-state index in [1.165, 1.54) is 12.1 Å². The first-order valence-electron chi connectivity index (χ1n) is 5.06. The monoisotopic (exact) mass is 208 g/mol. The van der Waals surface area contributed by atoms with Gasteiger partial charge in [0.05, 0.1) is 12.7 Å². The Morgan fingerprint density at radius 2 is 2.27 bits per heavy atom. The van der Waals surface area contributed by atoms with Crippen molar-refractivity contribution < 1.29 is 13.9 Å². The van der Waals surface area contributed by atoms with Gasteiger partial charge in [-0.3, -0.25) is 4.79 Å². The zero-order chi connectivity index (χ0) is 10.8. The maximum Gasteiger partial charge on any atom is 0.138 e. The molecule has 1 unspecified atom stereocenters. The molecule has 0 aliphatic carbocycles. The van der Waals surface area contributed by atoms with E-state index in [0.29, 0.717) is 19.4 Å². The highest BCUT2D eigenvalue weighted by atomic mass is 19.1. The number of hydrogen-bond acceptors (Lipinski definition) is 2. The summed E-state index contributed by atoms with van der Waals surface area (Å²) in [5, 5.41) is 0. The Bertz CT molecular complexity index is 387. The molecule has 0 N–H and O–H groups in total. The summed E-state index contributed by atoms with van der Waals surface area (Å²) in [6.45, 7) is 2.34. The normalized spacial score (nSPS) is 21.7. The van der Waals surface area contributed by atoms with Crippen molar-refractivity contribution in [1.29, 1.82) is 0 Å². The average Bonchev–Trinajstić information content (AvgIpc) is 2.22. The lowest BCUT2D eigenvalue weighted by Gasteiger charge is -2.23. The van der Waals surface area contributed by atoms with Crippen molar-refractivity contribution in [2.75, 3.05) is 6.61 Å². The van der Waals surface area contributed by atoms with Crippen LogP contribution >= 0.6 is 0 Å². The van der Waals surface area contributed by atoms with E-state index in [1.807, 2.05) is 6.92 Å². The summed E-state index contributed by atoms with van der Waals surface area (Å²) in [7, 11) is 0. The molecule has 0 aromatic heterocycles. The maximum absolute atomic E-state index is 13.1. The Kier molecular flexibility index (Phi) is 2.82. The molecule has 1 heterocycles. The van der Waals surface area contributed by atoms with Gasteiger partial charge in [0.2, 0.25) is 0 Å². The maximum atomic E-state index is 13.1. The quantitative estimate of drug-likeness (QED) is 0.709. The Morgan fingerprint density at radius 3 is 3.00 bits per heavy atom. The van der Waals surface area contributed by atoms with Crippen molar-refractivity contribution in [3.63, 3.8) is 0 Å². The van der Waals surface area contributed by atoms with Crippen LogP contribution in [0.25, 0.3) is 0 Å². The van der Waals surface area contributed by atoms with Gasteiger partial charge in [0.1, 0.15) is 11.6 Å². The Hall–Kier alpha value is -1.22. The van der Waals surface area contributed by atoms with Crippen molar-refractivity contribution in [3.8, 4) is 0 Å². The van der Waals surface area contributed by atoms with E-state index in [2.05, 4.69) is 0 Å². The predicted octanol–water partition coefficient (Wildman–Crippen LogP) is 2.55. The van der Waals surface area contributed by atoms with Gasteiger partial charge < -0.3 is 4.74 Å². The highest BCUT2D eigenvalue weighted by Gasteiger charge is 2.23. The third kappa shape index (κ3) is 2.23. The molecule has 0 bridgehead atoms. The molecule has 80 valence electrons. The van der Waals surface area contributed by atoms with Crippen LogP contribution in [0.15, 0.2) is 18.2 Å². The van der Waals surface area contributed by atoms with Crippen molar-refractivity contribution in [2.24, 2.45) is 0 Å². The van der Waals surface area contributed by atoms with Gasteiger partial charge in [-0.2, -0.15) is 0 Å². The van der Waals surface area contributed by atoms with E-state index >= 15 is 0 Å². The average molecular weight is 208 g/mol. The largest absolute Gasteiger partial charge is 0.373 e. The standard InChI is InChI=1S/C12H13FO2/c1-8-2-3-9(13)6-11(8)12-7-10(14)4-5-15-12/h2-3,6,12H,4-5,7H2,1H3. The van der Waals surface area contributed by atoms with Gasteiger partial charge in [-0.25, -0.2) is 4.39 Å². The van der Waals surface area contributed by atoms with E-state index in [0.717, 1.165) is 11.1 Å². The molecular formula is C12H13FO2. The smallest absolute Gasteiger partial charge is 0.138 e. The number of rotatable bonds is 1. The highest BCUT2D eigenvalue weighted by molar-refractivity contribution is 5.79. The van der Waals surface area contributed by atoms with Gasteiger partial charge in [0.25, 0.3) is 0 Å². The van der Waals surface area contributed by atoms with Crippen LogP contribution in [0, 0.1) is 12.7 Å². The minimum absolute atomic E-state index is 0.190. The van der Waals surface area contributed by atoms with Crippen LogP contribution in [0.3, 0.4) is 0 Å². The van der Waals surface area contributed by atoms with Gasteiger partial charge in [0.15, 0.2) is 0 Å². The number of Topliss-reactive ketones (excluding diaryl/α,β-unsaturated/α-hetero) is 1. The zero-order valence-corrected chi connectivity index (χ0v) is 8.63. The van der Waals surface area contributed by atoms with Gasteiger partial charge in [0, 0.05) is 12.8 Å². The van der Waals surface area contributed by atoms with E-state index in [9.17, 15) is 9.18 Å². The minimum atomic E-state index is -0.280. The summed E-state index contributed by atoms with van der Waals surface area (Å²) in [5.41, 5.74) is 1.76. The van der Waals surface area contributed by atoms with E-state index in [-0.39, 0.29) is 17.7 Å². The summed E-state index contributed by atoms with van der Waals surface area (Å²) >= 11 is 0. The van der Waals surface area contributed by atoms with Crippen LogP contribution in [0.1, 0.15) is 30.1 Å². The van der Waals surface area contributed by atoms with Gasteiger partial charge in [-0.05, 0) is 30.2 Å². The molecule has 1 fully saturated rings. The molecule has 0 spiro atoms. The number of ether oxygens (including phenoxy) is 1. The van der Waals surface area contributed by atoms with Crippen LogP contribution in [0.5, 0.6) is 0 Å². The van der Waals surface area contributed by atoms with Crippen LogP contribution in [-0.2, 0) is 9.53 Å². The van der Waals surface area contributed by atoms with Crippen molar-refractivity contribution >= 4 is 5.78 Å². The summed E-state index contributed by atoms with van der Waals surface area (Å²) in [4.78, 5) is 11.3. The second-order valence-electron chi connectivity index (χ2n) is 3.85. The summed E-state index contributed by atoms with van der Waals surface area (Å²) < 4.78 is 18.5. The van der Waals surface area contributed by atoms with Crippen LogP contribution in [0.4, 0.5) is 4.39 Å².